The van der Waals surface area contributed by atoms with E-state index in [1.54, 1.807) is 25.1 Å². The number of benzene rings is 1. The molecule has 2 amide bonds. The Balaban J connectivity index is 2.37. The molecule has 0 saturated carbocycles. The number of likely N-dealkylation sites (N-methyl/N-ethyl adjacent to an activating group) is 1. The zero-order chi connectivity index (χ0) is 16.5. The quantitative estimate of drug-likeness (QED) is 0.729. The van der Waals surface area contributed by atoms with Crippen LogP contribution in [0.15, 0.2) is 18.2 Å². The number of nitrogens with one attached hydrogen (secondary N) is 2. The van der Waals surface area contributed by atoms with E-state index in [-0.39, 0.29) is 18.9 Å². The number of hydrogen-bond donors (Lipinski definition) is 2. The number of carbonyl (C=O) groups is 3. The predicted octanol–water partition coefficient (Wildman–Crippen LogP) is 1.33. The van der Waals surface area contributed by atoms with Crippen LogP contribution >= 0.6 is 23.2 Å². The molecule has 0 radical (unpaired) electrons. The molecule has 0 fully saturated rings. The molecule has 0 unspecified atom stereocenters. The molecule has 0 aliphatic carbocycles. The zero-order valence-corrected chi connectivity index (χ0v) is 13.5. The van der Waals surface area contributed by atoms with E-state index < -0.39 is 18.5 Å². The molecule has 0 bridgehead atoms. The van der Waals surface area contributed by atoms with Gasteiger partial charge < -0.3 is 15.4 Å². The van der Waals surface area contributed by atoms with Gasteiger partial charge in [-0.05, 0) is 19.1 Å². The van der Waals surface area contributed by atoms with Crippen LogP contribution in [0, 0.1) is 0 Å². The molecule has 22 heavy (non-hydrogen) atoms. The highest BCUT2D eigenvalue weighted by Crippen LogP contribution is 2.24. The summed E-state index contributed by atoms with van der Waals surface area (Å²) >= 11 is 11.9. The van der Waals surface area contributed by atoms with Crippen molar-refractivity contribution in [2.24, 2.45) is 0 Å². The number of esters is 1. The molecule has 0 aliphatic rings. The van der Waals surface area contributed by atoms with Crippen molar-refractivity contribution in [1.29, 1.82) is 0 Å². The summed E-state index contributed by atoms with van der Waals surface area (Å²) in [7, 11) is 0. The molecule has 0 saturated heterocycles. The second-order valence-corrected chi connectivity index (χ2v) is 5.08. The summed E-state index contributed by atoms with van der Waals surface area (Å²) in [6, 6.07) is 4.87. The molecule has 0 aliphatic heterocycles. The summed E-state index contributed by atoms with van der Waals surface area (Å²) in [6.07, 6.45) is -0.137. The Bertz CT molecular complexity index is 544. The van der Waals surface area contributed by atoms with Crippen molar-refractivity contribution in [3.63, 3.8) is 0 Å². The lowest BCUT2D eigenvalue weighted by atomic mass is 10.1. The molecule has 6 nitrogen and oxygen atoms in total. The topological polar surface area (TPSA) is 84.5 Å². The predicted molar refractivity (Wildman–Crippen MR) is 82.8 cm³/mol. The minimum Gasteiger partial charge on any atom is -0.455 e. The van der Waals surface area contributed by atoms with Crippen LogP contribution in [0.3, 0.4) is 0 Å². The lowest BCUT2D eigenvalue weighted by molar-refractivity contribution is -0.147. The van der Waals surface area contributed by atoms with Gasteiger partial charge in [-0.1, -0.05) is 29.3 Å². The maximum absolute atomic E-state index is 11.7. The summed E-state index contributed by atoms with van der Waals surface area (Å²) in [6.45, 7) is 1.60. The van der Waals surface area contributed by atoms with Crippen LogP contribution in [0.25, 0.3) is 0 Å². The minimum atomic E-state index is -0.636. The van der Waals surface area contributed by atoms with Gasteiger partial charge in [-0.3, -0.25) is 14.4 Å². The fourth-order valence-corrected chi connectivity index (χ4v) is 2.06. The number of amides is 2. The Kier molecular flexibility index (Phi) is 7.70. The first-order chi connectivity index (χ1) is 10.4. The Morgan fingerprint density at radius 1 is 1.09 bits per heavy atom. The molecule has 2 N–H and O–H groups in total. The average molecular weight is 347 g/mol. The van der Waals surface area contributed by atoms with Gasteiger partial charge >= 0.3 is 5.97 Å². The van der Waals surface area contributed by atoms with E-state index in [2.05, 4.69) is 10.6 Å². The number of halogens is 2. The van der Waals surface area contributed by atoms with E-state index in [1.807, 2.05) is 0 Å². The summed E-state index contributed by atoms with van der Waals surface area (Å²) in [5.74, 6) is -1.52. The maximum Gasteiger partial charge on any atom is 0.310 e. The van der Waals surface area contributed by atoms with Gasteiger partial charge in [0.25, 0.3) is 5.91 Å². The molecule has 1 rings (SSSR count). The van der Waals surface area contributed by atoms with Crippen LogP contribution in [0.5, 0.6) is 0 Å². The van der Waals surface area contributed by atoms with E-state index >= 15 is 0 Å². The first-order valence-corrected chi connectivity index (χ1v) is 7.31. The molecule has 0 heterocycles. The number of ether oxygens (including phenoxy) is 1. The third-order valence-corrected chi connectivity index (χ3v) is 3.28. The van der Waals surface area contributed by atoms with Crippen LogP contribution in [-0.2, 0) is 25.5 Å². The first kappa shape index (κ1) is 18.3. The van der Waals surface area contributed by atoms with Crippen LogP contribution in [0.2, 0.25) is 10.0 Å². The van der Waals surface area contributed by atoms with Crippen molar-refractivity contribution in [1.82, 2.24) is 10.6 Å². The van der Waals surface area contributed by atoms with E-state index in [9.17, 15) is 14.4 Å². The maximum atomic E-state index is 11.7. The normalized spacial score (nSPS) is 9.95. The standard InChI is InChI=1S/C14H16Cl2N2O4/c1-2-17-12(19)7-18-13(20)8-22-14(21)6-9-10(15)4-3-5-11(9)16/h3-5H,2,6-8H2,1H3,(H,17,19)(H,18,20). The zero-order valence-electron chi connectivity index (χ0n) is 11.9. The summed E-state index contributed by atoms with van der Waals surface area (Å²) < 4.78 is 4.81. The highest BCUT2D eigenvalue weighted by molar-refractivity contribution is 6.36. The smallest absolute Gasteiger partial charge is 0.310 e. The van der Waals surface area contributed by atoms with Crippen molar-refractivity contribution in [3.05, 3.63) is 33.8 Å². The van der Waals surface area contributed by atoms with Gasteiger partial charge in [0.15, 0.2) is 6.61 Å². The molecule has 8 heteroatoms. The molecule has 120 valence electrons. The Hall–Kier alpha value is -1.79. The number of hydrogen-bond acceptors (Lipinski definition) is 4. The molecular weight excluding hydrogens is 331 g/mol. The van der Waals surface area contributed by atoms with Crippen molar-refractivity contribution >= 4 is 41.0 Å². The highest BCUT2D eigenvalue weighted by atomic mass is 35.5. The SMILES string of the molecule is CCNC(=O)CNC(=O)COC(=O)Cc1c(Cl)cccc1Cl. The third kappa shape index (κ3) is 6.32. The monoisotopic (exact) mass is 346 g/mol. The number of carbonyl (C=O) groups excluding carboxylic acids is 3. The van der Waals surface area contributed by atoms with Crippen molar-refractivity contribution in [2.75, 3.05) is 19.7 Å². The molecule has 0 spiro atoms. The van der Waals surface area contributed by atoms with E-state index in [0.717, 1.165) is 0 Å². The Morgan fingerprint density at radius 3 is 2.32 bits per heavy atom. The molecule has 1 aromatic carbocycles. The van der Waals surface area contributed by atoms with Gasteiger partial charge in [0, 0.05) is 22.2 Å². The van der Waals surface area contributed by atoms with Crippen molar-refractivity contribution in [3.8, 4) is 0 Å². The van der Waals surface area contributed by atoms with E-state index in [4.69, 9.17) is 27.9 Å². The minimum absolute atomic E-state index is 0.137. The third-order valence-electron chi connectivity index (χ3n) is 2.57. The second kappa shape index (κ2) is 9.27. The summed E-state index contributed by atoms with van der Waals surface area (Å²) in [5, 5.41) is 5.55. The highest BCUT2D eigenvalue weighted by Gasteiger charge is 2.13. The Morgan fingerprint density at radius 2 is 1.73 bits per heavy atom. The lowest BCUT2D eigenvalue weighted by Crippen LogP contribution is -2.38. The van der Waals surface area contributed by atoms with Gasteiger partial charge in [-0.25, -0.2) is 0 Å². The Labute approximate surface area is 138 Å². The fraction of sp³-hybridized carbons (Fsp3) is 0.357. The van der Waals surface area contributed by atoms with Crippen molar-refractivity contribution in [2.45, 2.75) is 13.3 Å². The fourth-order valence-electron chi connectivity index (χ4n) is 1.53. The van der Waals surface area contributed by atoms with Crippen LogP contribution in [0.4, 0.5) is 0 Å². The first-order valence-electron chi connectivity index (χ1n) is 6.56. The summed E-state index contributed by atoms with van der Waals surface area (Å²) in [4.78, 5) is 34.2. The van der Waals surface area contributed by atoms with Gasteiger partial charge in [-0.2, -0.15) is 0 Å². The van der Waals surface area contributed by atoms with Crippen molar-refractivity contribution < 1.29 is 19.1 Å². The van der Waals surface area contributed by atoms with Gasteiger partial charge in [0.1, 0.15) is 0 Å². The average Bonchev–Trinajstić information content (AvgIpc) is 2.47. The van der Waals surface area contributed by atoms with Crippen LogP contribution in [0.1, 0.15) is 12.5 Å². The van der Waals surface area contributed by atoms with Gasteiger partial charge in [0.05, 0.1) is 13.0 Å². The lowest BCUT2D eigenvalue weighted by Gasteiger charge is -2.08. The molecule has 1 aromatic rings. The van der Waals surface area contributed by atoms with Crippen LogP contribution < -0.4 is 10.6 Å². The molecular formula is C14H16Cl2N2O4. The molecule has 0 aromatic heterocycles. The van der Waals surface area contributed by atoms with Gasteiger partial charge in [-0.15, -0.1) is 0 Å². The number of rotatable bonds is 7. The van der Waals surface area contributed by atoms with E-state index in [1.165, 1.54) is 0 Å². The van der Waals surface area contributed by atoms with E-state index in [0.29, 0.717) is 22.2 Å². The van der Waals surface area contributed by atoms with Crippen LogP contribution in [-0.4, -0.2) is 37.5 Å². The second-order valence-electron chi connectivity index (χ2n) is 4.27. The summed E-state index contributed by atoms with van der Waals surface area (Å²) in [5.41, 5.74) is 0.443. The molecule has 0 atom stereocenters. The largest absolute Gasteiger partial charge is 0.455 e. The van der Waals surface area contributed by atoms with Gasteiger partial charge in [0.2, 0.25) is 5.91 Å².